The smallest absolute Gasteiger partial charge is 0.186 e. The fourth-order valence-corrected chi connectivity index (χ4v) is 4.22. The zero-order valence-electron chi connectivity index (χ0n) is 14.3. The fourth-order valence-electron chi connectivity index (χ4n) is 3.11. The lowest BCUT2D eigenvalue weighted by Crippen LogP contribution is -2.05. The zero-order chi connectivity index (χ0) is 17.1. The van der Waals surface area contributed by atoms with Crippen LogP contribution in [0.3, 0.4) is 0 Å². The Balaban J connectivity index is 1.81. The molecular formula is C22H21OP. The Morgan fingerprint density at radius 2 is 1.29 bits per heavy atom. The van der Waals surface area contributed by atoms with E-state index in [0.717, 1.165) is 22.0 Å². The maximum atomic E-state index is 12.7. The Morgan fingerprint density at radius 3 is 1.88 bits per heavy atom. The molecular weight excluding hydrogens is 311 g/mol. The van der Waals surface area contributed by atoms with Crippen molar-refractivity contribution in [2.75, 3.05) is 0 Å². The standard InChI is InChI=1S/C22H21OP/c1-15-13-16(2)21(17(3)14-15)22(23)24-20-11-9-19(10-12-20)18-7-5-4-6-8-18/h4-14,24H,1-3H3. The highest BCUT2D eigenvalue weighted by molar-refractivity contribution is 7.66. The average molecular weight is 332 g/mol. The summed E-state index contributed by atoms with van der Waals surface area (Å²) in [6, 6.07) is 22.8. The molecule has 3 rings (SSSR count). The minimum atomic E-state index is 0.160. The van der Waals surface area contributed by atoms with Crippen molar-refractivity contribution in [2.24, 2.45) is 0 Å². The number of carbonyl (C=O) groups is 1. The molecule has 0 saturated carbocycles. The molecule has 0 bridgehead atoms. The summed E-state index contributed by atoms with van der Waals surface area (Å²) in [6.07, 6.45) is 0. The molecule has 0 N–H and O–H groups in total. The Morgan fingerprint density at radius 1 is 0.750 bits per heavy atom. The third-order valence-corrected chi connectivity index (χ3v) is 5.25. The molecule has 120 valence electrons. The molecule has 3 aromatic carbocycles. The maximum Gasteiger partial charge on any atom is 0.186 e. The summed E-state index contributed by atoms with van der Waals surface area (Å²) in [5.74, 6) is 0. The lowest BCUT2D eigenvalue weighted by atomic mass is 10.0. The first-order chi connectivity index (χ1) is 11.5. The van der Waals surface area contributed by atoms with Crippen molar-refractivity contribution in [3.63, 3.8) is 0 Å². The van der Waals surface area contributed by atoms with Crippen molar-refractivity contribution in [3.8, 4) is 11.1 Å². The second kappa shape index (κ2) is 7.11. The zero-order valence-corrected chi connectivity index (χ0v) is 15.3. The maximum absolute atomic E-state index is 12.7. The van der Waals surface area contributed by atoms with E-state index in [2.05, 4.69) is 55.5 Å². The summed E-state index contributed by atoms with van der Waals surface area (Å²) in [7, 11) is 0.160. The summed E-state index contributed by atoms with van der Waals surface area (Å²) >= 11 is 0. The van der Waals surface area contributed by atoms with E-state index in [-0.39, 0.29) is 14.1 Å². The van der Waals surface area contributed by atoms with Crippen LogP contribution in [0.15, 0.2) is 66.7 Å². The van der Waals surface area contributed by atoms with Crippen LogP contribution in [-0.2, 0) is 0 Å². The van der Waals surface area contributed by atoms with Crippen LogP contribution in [0.2, 0.25) is 0 Å². The summed E-state index contributed by atoms with van der Waals surface area (Å²) in [4.78, 5) is 12.7. The number of hydrogen-bond acceptors (Lipinski definition) is 1. The van der Waals surface area contributed by atoms with Gasteiger partial charge in [-0.3, -0.25) is 4.79 Å². The molecule has 0 aliphatic heterocycles. The molecule has 0 aliphatic carbocycles. The molecule has 24 heavy (non-hydrogen) atoms. The van der Waals surface area contributed by atoms with Gasteiger partial charge in [-0.15, -0.1) is 0 Å². The average Bonchev–Trinajstić information content (AvgIpc) is 2.55. The second-order valence-corrected chi connectivity index (χ2v) is 7.45. The summed E-state index contributed by atoms with van der Waals surface area (Å²) in [5, 5.41) is 1.08. The van der Waals surface area contributed by atoms with E-state index in [1.807, 2.05) is 32.0 Å². The lowest BCUT2D eigenvalue weighted by Gasteiger charge is -2.11. The van der Waals surface area contributed by atoms with Gasteiger partial charge in [0.2, 0.25) is 0 Å². The van der Waals surface area contributed by atoms with Crippen LogP contribution in [0.25, 0.3) is 11.1 Å². The van der Waals surface area contributed by atoms with Crippen molar-refractivity contribution < 1.29 is 4.79 Å². The molecule has 0 fully saturated rings. The van der Waals surface area contributed by atoms with Crippen LogP contribution in [0.5, 0.6) is 0 Å². The van der Waals surface area contributed by atoms with Gasteiger partial charge in [0.05, 0.1) is 0 Å². The van der Waals surface area contributed by atoms with Gasteiger partial charge >= 0.3 is 0 Å². The molecule has 0 aromatic heterocycles. The van der Waals surface area contributed by atoms with E-state index >= 15 is 0 Å². The third kappa shape index (κ3) is 3.63. The Kier molecular flexibility index (Phi) is 4.92. The molecule has 2 heteroatoms. The molecule has 1 unspecified atom stereocenters. The molecule has 0 heterocycles. The number of carbonyl (C=O) groups excluding carboxylic acids is 1. The van der Waals surface area contributed by atoms with Crippen LogP contribution in [0, 0.1) is 20.8 Å². The normalized spacial score (nSPS) is 11.1. The van der Waals surface area contributed by atoms with E-state index in [1.54, 1.807) is 0 Å². The third-order valence-electron chi connectivity index (χ3n) is 4.15. The molecule has 3 aromatic rings. The Hall–Kier alpha value is -2.24. The minimum Gasteiger partial charge on any atom is -0.289 e. The predicted octanol–water partition coefficient (Wildman–Crippen LogP) is 5.42. The topological polar surface area (TPSA) is 17.1 Å². The van der Waals surface area contributed by atoms with Gasteiger partial charge in [0, 0.05) is 5.56 Å². The van der Waals surface area contributed by atoms with Gasteiger partial charge in [-0.05, 0) is 56.9 Å². The quantitative estimate of drug-likeness (QED) is 0.583. The first-order valence-electron chi connectivity index (χ1n) is 8.09. The number of aryl methyl sites for hydroxylation is 3. The largest absolute Gasteiger partial charge is 0.289 e. The molecule has 0 amide bonds. The Bertz CT molecular complexity index is 841. The van der Waals surface area contributed by atoms with Crippen LogP contribution >= 0.6 is 8.58 Å². The van der Waals surface area contributed by atoms with Crippen molar-refractivity contribution in [1.29, 1.82) is 0 Å². The lowest BCUT2D eigenvalue weighted by molar-refractivity contribution is 0.108. The van der Waals surface area contributed by atoms with Gasteiger partial charge in [-0.2, -0.15) is 0 Å². The molecule has 0 radical (unpaired) electrons. The summed E-state index contributed by atoms with van der Waals surface area (Å²) in [5.41, 5.74) is 6.83. The van der Waals surface area contributed by atoms with Crippen molar-refractivity contribution in [3.05, 3.63) is 89.0 Å². The monoisotopic (exact) mass is 332 g/mol. The van der Waals surface area contributed by atoms with Crippen molar-refractivity contribution in [2.45, 2.75) is 20.8 Å². The van der Waals surface area contributed by atoms with E-state index in [1.165, 1.54) is 16.7 Å². The van der Waals surface area contributed by atoms with Gasteiger partial charge in [-0.25, -0.2) is 0 Å². The van der Waals surface area contributed by atoms with Gasteiger partial charge in [-0.1, -0.05) is 72.3 Å². The van der Waals surface area contributed by atoms with E-state index < -0.39 is 0 Å². The van der Waals surface area contributed by atoms with E-state index in [9.17, 15) is 4.79 Å². The Labute approximate surface area is 145 Å². The second-order valence-electron chi connectivity index (χ2n) is 6.17. The SMILES string of the molecule is Cc1cc(C)c(C(=O)Pc2ccc(-c3ccccc3)cc2)c(C)c1. The molecule has 0 aliphatic rings. The highest BCUT2D eigenvalue weighted by Crippen LogP contribution is 2.26. The van der Waals surface area contributed by atoms with Crippen LogP contribution in [-0.4, -0.2) is 5.52 Å². The highest BCUT2D eigenvalue weighted by atomic mass is 31.1. The fraction of sp³-hybridized carbons (Fsp3) is 0.136. The van der Waals surface area contributed by atoms with Gasteiger partial charge in [0.15, 0.2) is 5.52 Å². The van der Waals surface area contributed by atoms with E-state index in [0.29, 0.717) is 0 Å². The van der Waals surface area contributed by atoms with E-state index in [4.69, 9.17) is 0 Å². The molecule has 1 nitrogen and oxygen atoms in total. The number of hydrogen-bond donors (Lipinski definition) is 0. The molecule has 0 saturated heterocycles. The van der Waals surface area contributed by atoms with Gasteiger partial charge < -0.3 is 0 Å². The molecule has 0 spiro atoms. The van der Waals surface area contributed by atoms with Crippen molar-refractivity contribution in [1.82, 2.24) is 0 Å². The summed E-state index contributed by atoms with van der Waals surface area (Å²) < 4.78 is 0. The van der Waals surface area contributed by atoms with Gasteiger partial charge in [0.1, 0.15) is 0 Å². The molecule has 1 atom stereocenters. The van der Waals surface area contributed by atoms with Crippen LogP contribution in [0.4, 0.5) is 0 Å². The van der Waals surface area contributed by atoms with Gasteiger partial charge in [0.25, 0.3) is 0 Å². The van der Waals surface area contributed by atoms with Crippen molar-refractivity contribution >= 4 is 19.4 Å². The number of benzene rings is 3. The minimum absolute atomic E-state index is 0.160. The van der Waals surface area contributed by atoms with Crippen LogP contribution in [0.1, 0.15) is 27.0 Å². The summed E-state index contributed by atoms with van der Waals surface area (Å²) in [6.45, 7) is 6.12. The highest BCUT2D eigenvalue weighted by Gasteiger charge is 2.13. The first-order valence-corrected chi connectivity index (χ1v) is 9.09. The predicted molar refractivity (Wildman–Crippen MR) is 105 cm³/mol. The first kappa shape index (κ1) is 16.6. The van der Waals surface area contributed by atoms with Crippen LogP contribution < -0.4 is 5.30 Å². The number of rotatable bonds is 4.